The molecule has 9 aromatic carbocycles. The zero-order valence-electron chi connectivity index (χ0n) is 31.9. The Morgan fingerprint density at radius 1 is 0.333 bits per heavy atom. The number of hydrogen-bond acceptors (Lipinski definition) is 2. The van der Waals surface area contributed by atoms with Crippen molar-refractivity contribution in [3.8, 4) is 67.3 Å². The van der Waals surface area contributed by atoms with Crippen molar-refractivity contribution in [2.45, 2.75) is 19.3 Å². The van der Waals surface area contributed by atoms with Crippen molar-refractivity contribution < 1.29 is 0 Å². The van der Waals surface area contributed by atoms with Crippen molar-refractivity contribution >= 4 is 32.3 Å². The lowest BCUT2D eigenvalue weighted by atomic mass is 9.81. The van der Waals surface area contributed by atoms with E-state index in [4.69, 9.17) is 9.97 Å². The summed E-state index contributed by atoms with van der Waals surface area (Å²) >= 11 is 0. The van der Waals surface area contributed by atoms with E-state index in [1.165, 1.54) is 71.3 Å². The second-order valence-corrected chi connectivity index (χ2v) is 15.7. The lowest BCUT2D eigenvalue weighted by Crippen LogP contribution is -2.14. The van der Waals surface area contributed by atoms with Gasteiger partial charge in [0.15, 0.2) is 5.82 Å². The minimum Gasteiger partial charge on any atom is -0.228 e. The van der Waals surface area contributed by atoms with Crippen molar-refractivity contribution in [3.05, 3.63) is 205 Å². The molecule has 0 radical (unpaired) electrons. The third-order valence-electron chi connectivity index (χ3n) is 12.1. The Morgan fingerprint density at radius 3 is 1.77 bits per heavy atom. The third-order valence-corrected chi connectivity index (χ3v) is 12.1. The molecular formula is C55H38N2. The van der Waals surface area contributed by atoms with E-state index in [0.29, 0.717) is 5.82 Å². The Balaban J connectivity index is 1.08. The number of aromatic nitrogens is 2. The van der Waals surface area contributed by atoms with Crippen LogP contribution in [-0.2, 0) is 5.41 Å². The molecule has 2 nitrogen and oxygen atoms in total. The summed E-state index contributed by atoms with van der Waals surface area (Å²) in [7, 11) is 0. The molecule has 268 valence electrons. The molecule has 0 spiro atoms. The van der Waals surface area contributed by atoms with Crippen LogP contribution in [0, 0.1) is 0 Å². The fraction of sp³-hybridized carbons (Fsp3) is 0.0545. The first-order chi connectivity index (χ1) is 28.0. The maximum Gasteiger partial charge on any atom is 0.160 e. The summed E-state index contributed by atoms with van der Waals surface area (Å²) < 4.78 is 0. The molecule has 0 N–H and O–H groups in total. The highest BCUT2D eigenvalue weighted by atomic mass is 14.9. The van der Waals surface area contributed by atoms with Gasteiger partial charge in [-0.3, -0.25) is 0 Å². The molecule has 0 amide bonds. The van der Waals surface area contributed by atoms with Crippen LogP contribution in [0.3, 0.4) is 0 Å². The summed E-state index contributed by atoms with van der Waals surface area (Å²) in [6.45, 7) is 4.68. The van der Waals surface area contributed by atoms with E-state index in [1.807, 2.05) is 6.07 Å². The average molecular weight is 727 g/mol. The van der Waals surface area contributed by atoms with Gasteiger partial charge in [0.1, 0.15) is 0 Å². The minimum atomic E-state index is -0.0856. The largest absolute Gasteiger partial charge is 0.228 e. The molecular weight excluding hydrogens is 689 g/mol. The summed E-state index contributed by atoms with van der Waals surface area (Å²) in [5.41, 5.74) is 15.0. The minimum absolute atomic E-state index is 0.0856. The second kappa shape index (κ2) is 13.0. The van der Waals surface area contributed by atoms with Crippen molar-refractivity contribution in [2.75, 3.05) is 0 Å². The molecule has 0 saturated carbocycles. The Kier molecular flexibility index (Phi) is 7.55. The molecule has 57 heavy (non-hydrogen) atoms. The van der Waals surface area contributed by atoms with E-state index in [0.717, 1.165) is 33.6 Å². The maximum absolute atomic E-state index is 5.30. The lowest BCUT2D eigenvalue weighted by Gasteiger charge is -2.22. The summed E-state index contributed by atoms with van der Waals surface area (Å²) in [5.74, 6) is 0.707. The Labute approximate surface area is 332 Å². The quantitative estimate of drug-likeness (QED) is 0.130. The van der Waals surface area contributed by atoms with Crippen molar-refractivity contribution in [3.63, 3.8) is 0 Å². The van der Waals surface area contributed by atoms with Crippen molar-refractivity contribution in [1.82, 2.24) is 9.97 Å². The van der Waals surface area contributed by atoms with E-state index < -0.39 is 0 Å². The number of hydrogen-bond donors (Lipinski definition) is 0. The standard InChI is InChI=1S/C55H38N2/c1-55(2)48-25-13-12-23-46(48)53-44(24-14-26-49(53)55)42-21-10-11-22-43(42)51-34-50(56-54(57-51)38-16-4-3-5-17-38)36-27-29-37(30-28-36)52-41-20-9-7-18-39(41)33-47-40-19-8-6-15-35(40)31-32-45(47)52/h3-34H,1-2H3. The fourth-order valence-electron chi connectivity index (χ4n) is 9.31. The molecule has 2 heteroatoms. The van der Waals surface area contributed by atoms with Crippen molar-refractivity contribution in [1.29, 1.82) is 0 Å². The SMILES string of the molecule is CC1(C)c2ccccc2-c2c(-c3ccccc3-c3cc(-c4ccc(-c5c6ccccc6cc6c5ccc5ccccc56)cc4)nc(-c4ccccc4)n3)cccc21. The van der Waals surface area contributed by atoms with Crippen LogP contribution in [0.25, 0.3) is 99.6 Å². The van der Waals surface area contributed by atoms with Gasteiger partial charge in [-0.1, -0.05) is 196 Å². The Bertz CT molecular complexity index is 3190. The molecule has 1 aliphatic carbocycles. The van der Waals surface area contributed by atoms with Gasteiger partial charge in [-0.15, -0.1) is 0 Å². The average Bonchev–Trinajstić information content (AvgIpc) is 3.51. The van der Waals surface area contributed by atoms with Gasteiger partial charge in [-0.2, -0.15) is 0 Å². The second-order valence-electron chi connectivity index (χ2n) is 15.7. The van der Waals surface area contributed by atoms with E-state index in [-0.39, 0.29) is 5.41 Å². The van der Waals surface area contributed by atoms with Crippen LogP contribution in [-0.4, -0.2) is 9.97 Å². The van der Waals surface area contributed by atoms with Gasteiger partial charge in [0.2, 0.25) is 0 Å². The van der Waals surface area contributed by atoms with Crippen LogP contribution in [0.4, 0.5) is 0 Å². The first kappa shape index (κ1) is 33.2. The van der Waals surface area contributed by atoms with Gasteiger partial charge in [-0.25, -0.2) is 9.97 Å². The van der Waals surface area contributed by atoms with Crippen LogP contribution in [0.5, 0.6) is 0 Å². The molecule has 1 aromatic heterocycles. The summed E-state index contributed by atoms with van der Waals surface area (Å²) in [5, 5.41) is 7.54. The predicted molar refractivity (Wildman–Crippen MR) is 239 cm³/mol. The first-order valence-electron chi connectivity index (χ1n) is 19.7. The zero-order chi connectivity index (χ0) is 38.1. The van der Waals surface area contributed by atoms with Gasteiger partial charge < -0.3 is 0 Å². The monoisotopic (exact) mass is 726 g/mol. The van der Waals surface area contributed by atoms with E-state index in [9.17, 15) is 0 Å². The van der Waals surface area contributed by atoms with Gasteiger partial charge >= 0.3 is 0 Å². The predicted octanol–water partition coefficient (Wildman–Crippen LogP) is 14.6. The molecule has 0 atom stereocenters. The maximum atomic E-state index is 5.30. The molecule has 0 bridgehead atoms. The smallest absolute Gasteiger partial charge is 0.160 e. The lowest BCUT2D eigenvalue weighted by molar-refractivity contribution is 0.660. The molecule has 0 aliphatic heterocycles. The van der Waals surface area contributed by atoms with Gasteiger partial charge in [0, 0.05) is 22.1 Å². The molecule has 1 heterocycles. The van der Waals surface area contributed by atoms with E-state index >= 15 is 0 Å². The molecule has 0 saturated heterocycles. The molecule has 0 unspecified atom stereocenters. The van der Waals surface area contributed by atoms with Gasteiger partial charge in [0.05, 0.1) is 11.4 Å². The van der Waals surface area contributed by atoms with E-state index in [1.54, 1.807) is 0 Å². The molecule has 11 rings (SSSR count). The Hall–Kier alpha value is -7.16. The van der Waals surface area contributed by atoms with Crippen LogP contribution < -0.4 is 0 Å². The highest BCUT2D eigenvalue weighted by molar-refractivity contribution is 6.20. The third kappa shape index (κ3) is 5.33. The number of nitrogens with zero attached hydrogens (tertiary/aromatic N) is 2. The Morgan fingerprint density at radius 2 is 0.947 bits per heavy atom. The fourth-order valence-corrected chi connectivity index (χ4v) is 9.31. The molecule has 1 aliphatic rings. The summed E-state index contributed by atoms with van der Waals surface area (Å²) in [6.07, 6.45) is 0. The van der Waals surface area contributed by atoms with E-state index in [2.05, 4.69) is 202 Å². The van der Waals surface area contributed by atoms with Crippen LogP contribution in [0.2, 0.25) is 0 Å². The number of rotatable bonds is 5. The highest BCUT2D eigenvalue weighted by Crippen LogP contribution is 2.53. The first-order valence-corrected chi connectivity index (χ1v) is 19.7. The van der Waals surface area contributed by atoms with Crippen LogP contribution in [0.1, 0.15) is 25.0 Å². The molecule has 10 aromatic rings. The zero-order valence-corrected chi connectivity index (χ0v) is 31.9. The van der Waals surface area contributed by atoms with Gasteiger partial charge in [-0.05, 0) is 89.0 Å². The van der Waals surface area contributed by atoms with Crippen LogP contribution >= 0.6 is 0 Å². The highest BCUT2D eigenvalue weighted by Gasteiger charge is 2.36. The summed E-state index contributed by atoms with van der Waals surface area (Å²) in [4.78, 5) is 10.5. The van der Waals surface area contributed by atoms with Crippen LogP contribution in [0.15, 0.2) is 194 Å². The normalized spacial score (nSPS) is 12.9. The molecule has 0 fully saturated rings. The number of fused-ring (bicyclic) bond motifs is 7. The van der Waals surface area contributed by atoms with Gasteiger partial charge in [0.25, 0.3) is 0 Å². The topological polar surface area (TPSA) is 25.8 Å². The van der Waals surface area contributed by atoms with Crippen molar-refractivity contribution in [2.24, 2.45) is 0 Å². The number of benzene rings is 9. The summed E-state index contributed by atoms with van der Waals surface area (Å²) in [6, 6.07) is 70.1.